The van der Waals surface area contributed by atoms with Gasteiger partial charge in [0.1, 0.15) is 0 Å². The van der Waals surface area contributed by atoms with Crippen LogP contribution in [0.15, 0.2) is 41.0 Å². The van der Waals surface area contributed by atoms with Gasteiger partial charge in [0.05, 0.1) is 34.2 Å². The highest BCUT2D eigenvalue weighted by molar-refractivity contribution is 6.35. The number of methoxy groups -OCH3 is 1. The molecule has 0 aliphatic carbocycles. The Morgan fingerprint density at radius 1 is 1.24 bits per heavy atom. The van der Waals surface area contributed by atoms with Crippen molar-refractivity contribution >= 4 is 52.8 Å². The van der Waals surface area contributed by atoms with E-state index in [-0.39, 0.29) is 57.6 Å². The standard InChI is InChI=1S/C21H16Cl2N2O8/c1-3-31-18(26)10-32-19-15(23)6-11(8-17(19)30-2)7-16-21(27)33-20(24-16)13-5-4-12(25(28)29)9-14(13)22/h4-9H,3,10H2,1-2H3/b16-7-. The van der Waals surface area contributed by atoms with Crippen LogP contribution in [0.1, 0.15) is 18.1 Å². The zero-order valence-electron chi connectivity index (χ0n) is 17.3. The number of esters is 2. The maximum Gasteiger partial charge on any atom is 0.363 e. The molecule has 33 heavy (non-hydrogen) atoms. The van der Waals surface area contributed by atoms with Crippen LogP contribution in [0.25, 0.3) is 6.08 Å². The SMILES string of the molecule is CCOC(=O)COc1c(Cl)cc(/C=C2\N=C(c3ccc([N+](=O)[O-])cc3Cl)OC2=O)cc1OC. The Hall–Kier alpha value is -3.63. The Balaban J connectivity index is 1.89. The fourth-order valence-corrected chi connectivity index (χ4v) is 3.30. The average Bonchev–Trinajstić information content (AvgIpc) is 3.12. The van der Waals surface area contributed by atoms with Crippen molar-refractivity contribution in [2.75, 3.05) is 20.3 Å². The van der Waals surface area contributed by atoms with Gasteiger partial charge in [-0.1, -0.05) is 23.2 Å². The Morgan fingerprint density at radius 2 is 2.00 bits per heavy atom. The molecule has 12 heteroatoms. The van der Waals surface area contributed by atoms with E-state index in [1.807, 2.05) is 0 Å². The highest BCUT2D eigenvalue weighted by atomic mass is 35.5. The Labute approximate surface area is 197 Å². The van der Waals surface area contributed by atoms with E-state index >= 15 is 0 Å². The topological polar surface area (TPSA) is 127 Å². The lowest BCUT2D eigenvalue weighted by molar-refractivity contribution is -0.384. The molecule has 0 spiro atoms. The number of carbonyl (C=O) groups is 2. The van der Waals surface area contributed by atoms with E-state index in [4.69, 9.17) is 42.1 Å². The molecule has 0 bridgehead atoms. The Bertz CT molecular complexity index is 1190. The summed E-state index contributed by atoms with van der Waals surface area (Å²) in [5.74, 6) is -1.07. The minimum atomic E-state index is -0.753. The first-order chi connectivity index (χ1) is 15.7. The van der Waals surface area contributed by atoms with Crippen molar-refractivity contribution in [2.45, 2.75) is 6.92 Å². The summed E-state index contributed by atoms with van der Waals surface area (Å²) >= 11 is 12.4. The molecule has 0 saturated heterocycles. The third-order valence-corrected chi connectivity index (χ3v) is 4.80. The monoisotopic (exact) mass is 494 g/mol. The molecule has 172 valence electrons. The molecule has 2 aromatic rings. The number of nitro groups is 1. The molecule has 0 atom stereocenters. The maximum absolute atomic E-state index is 12.3. The van der Waals surface area contributed by atoms with Gasteiger partial charge in [-0.2, -0.15) is 0 Å². The molecule has 0 amide bonds. The summed E-state index contributed by atoms with van der Waals surface area (Å²) in [5, 5.41) is 11.0. The average molecular weight is 495 g/mol. The van der Waals surface area contributed by atoms with E-state index in [0.717, 1.165) is 6.07 Å². The fourth-order valence-electron chi connectivity index (χ4n) is 2.77. The number of nitrogens with zero attached hydrogens (tertiary/aromatic N) is 2. The third kappa shape index (κ3) is 5.60. The summed E-state index contributed by atoms with van der Waals surface area (Å²) in [6.07, 6.45) is 1.40. The van der Waals surface area contributed by atoms with Crippen molar-refractivity contribution in [1.29, 1.82) is 0 Å². The van der Waals surface area contributed by atoms with Crippen molar-refractivity contribution in [2.24, 2.45) is 4.99 Å². The van der Waals surface area contributed by atoms with E-state index < -0.39 is 16.9 Å². The van der Waals surface area contributed by atoms with Crippen LogP contribution in [0.4, 0.5) is 5.69 Å². The number of nitro benzene ring substituents is 1. The number of cyclic esters (lactones) is 1. The summed E-state index contributed by atoms with van der Waals surface area (Å²) in [5.41, 5.74) is 0.388. The first kappa shape index (κ1) is 24.0. The second-order valence-electron chi connectivity index (χ2n) is 6.39. The van der Waals surface area contributed by atoms with Crippen LogP contribution in [0.2, 0.25) is 10.0 Å². The molecule has 3 rings (SSSR count). The number of halogens is 2. The normalized spacial score (nSPS) is 14.0. The van der Waals surface area contributed by atoms with Gasteiger partial charge in [-0.3, -0.25) is 10.1 Å². The minimum Gasteiger partial charge on any atom is -0.493 e. The molecule has 0 N–H and O–H groups in total. The van der Waals surface area contributed by atoms with Crippen molar-refractivity contribution in [3.63, 3.8) is 0 Å². The van der Waals surface area contributed by atoms with Crippen molar-refractivity contribution < 1.29 is 33.5 Å². The van der Waals surface area contributed by atoms with Gasteiger partial charge in [0.15, 0.2) is 23.8 Å². The molecule has 0 radical (unpaired) electrons. The molecule has 1 aliphatic rings. The van der Waals surface area contributed by atoms with Crippen LogP contribution in [0.5, 0.6) is 11.5 Å². The number of benzene rings is 2. The number of non-ortho nitro benzene ring substituents is 1. The molecule has 1 heterocycles. The number of aliphatic imine (C=N–C) groups is 1. The number of rotatable bonds is 8. The van der Waals surface area contributed by atoms with Gasteiger partial charge in [-0.25, -0.2) is 14.6 Å². The number of hydrogen-bond donors (Lipinski definition) is 0. The molecule has 2 aromatic carbocycles. The largest absolute Gasteiger partial charge is 0.493 e. The molecule has 0 fully saturated rings. The van der Waals surface area contributed by atoms with E-state index in [1.54, 1.807) is 6.92 Å². The van der Waals surface area contributed by atoms with E-state index in [2.05, 4.69) is 4.99 Å². The van der Waals surface area contributed by atoms with Gasteiger partial charge >= 0.3 is 11.9 Å². The minimum absolute atomic E-state index is 0.00446. The fraction of sp³-hybridized carbons (Fsp3) is 0.190. The van der Waals surface area contributed by atoms with Crippen LogP contribution in [-0.4, -0.2) is 43.1 Å². The Kier molecular flexibility index (Phi) is 7.52. The van der Waals surface area contributed by atoms with Crippen LogP contribution < -0.4 is 9.47 Å². The molecular weight excluding hydrogens is 479 g/mol. The van der Waals surface area contributed by atoms with E-state index in [1.165, 1.54) is 37.5 Å². The molecule has 0 saturated carbocycles. The molecule has 0 unspecified atom stereocenters. The van der Waals surface area contributed by atoms with Gasteiger partial charge in [-0.15, -0.1) is 0 Å². The summed E-state index contributed by atoms with van der Waals surface area (Å²) in [4.78, 5) is 38.2. The third-order valence-electron chi connectivity index (χ3n) is 4.21. The smallest absolute Gasteiger partial charge is 0.363 e. The van der Waals surface area contributed by atoms with Crippen molar-refractivity contribution in [1.82, 2.24) is 0 Å². The number of ether oxygens (including phenoxy) is 4. The first-order valence-corrected chi connectivity index (χ1v) is 10.1. The lowest BCUT2D eigenvalue weighted by Crippen LogP contribution is -2.15. The maximum atomic E-state index is 12.3. The second kappa shape index (κ2) is 10.3. The molecule has 10 nitrogen and oxygen atoms in total. The lowest BCUT2D eigenvalue weighted by Gasteiger charge is -2.12. The lowest BCUT2D eigenvalue weighted by atomic mass is 10.1. The summed E-state index contributed by atoms with van der Waals surface area (Å²) in [6, 6.07) is 6.70. The van der Waals surface area contributed by atoms with Gasteiger partial charge in [0, 0.05) is 12.1 Å². The quantitative estimate of drug-likeness (QED) is 0.231. The Morgan fingerprint density at radius 3 is 2.64 bits per heavy atom. The van der Waals surface area contributed by atoms with Crippen LogP contribution in [-0.2, 0) is 19.1 Å². The summed E-state index contributed by atoms with van der Waals surface area (Å²) in [7, 11) is 1.39. The van der Waals surface area contributed by atoms with Gasteiger partial charge in [-0.05, 0) is 36.8 Å². The van der Waals surface area contributed by atoms with E-state index in [0.29, 0.717) is 5.56 Å². The van der Waals surface area contributed by atoms with Crippen LogP contribution in [0, 0.1) is 10.1 Å². The van der Waals surface area contributed by atoms with Crippen molar-refractivity contribution in [3.8, 4) is 11.5 Å². The van der Waals surface area contributed by atoms with E-state index in [9.17, 15) is 19.7 Å². The predicted molar refractivity (Wildman–Crippen MR) is 119 cm³/mol. The highest BCUT2D eigenvalue weighted by Gasteiger charge is 2.27. The van der Waals surface area contributed by atoms with Gasteiger partial charge in [0.2, 0.25) is 5.90 Å². The number of carbonyl (C=O) groups excluding carboxylic acids is 2. The highest BCUT2D eigenvalue weighted by Crippen LogP contribution is 2.37. The molecule has 0 aromatic heterocycles. The van der Waals surface area contributed by atoms with Crippen LogP contribution >= 0.6 is 23.2 Å². The van der Waals surface area contributed by atoms with Crippen LogP contribution in [0.3, 0.4) is 0 Å². The molecular formula is C21H16Cl2N2O8. The van der Waals surface area contributed by atoms with Crippen molar-refractivity contribution in [3.05, 3.63) is 67.3 Å². The number of hydrogen-bond acceptors (Lipinski definition) is 9. The summed E-state index contributed by atoms with van der Waals surface area (Å²) < 4.78 is 20.6. The zero-order chi connectivity index (χ0) is 24.1. The molecule has 1 aliphatic heterocycles. The van der Waals surface area contributed by atoms with Gasteiger partial charge < -0.3 is 18.9 Å². The second-order valence-corrected chi connectivity index (χ2v) is 7.20. The summed E-state index contributed by atoms with van der Waals surface area (Å²) in [6.45, 7) is 1.52. The van der Waals surface area contributed by atoms with Gasteiger partial charge in [0.25, 0.3) is 5.69 Å². The zero-order valence-corrected chi connectivity index (χ0v) is 18.8. The first-order valence-electron chi connectivity index (χ1n) is 9.36. The predicted octanol–water partition coefficient (Wildman–Crippen LogP) is 4.20.